The number of carbonyl (C=O) groups is 1. The van der Waals surface area contributed by atoms with Crippen molar-refractivity contribution in [3.63, 3.8) is 0 Å². The van der Waals surface area contributed by atoms with E-state index in [1.54, 1.807) is 0 Å². The highest BCUT2D eigenvalue weighted by Crippen LogP contribution is 2.30. The topological polar surface area (TPSA) is 89.1 Å². The van der Waals surface area contributed by atoms with Gasteiger partial charge in [0.1, 0.15) is 5.03 Å². The van der Waals surface area contributed by atoms with Gasteiger partial charge in [-0.15, -0.1) is 11.3 Å². The molecule has 88 valence electrons. The Morgan fingerprint density at radius 3 is 2.94 bits per heavy atom. The summed E-state index contributed by atoms with van der Waals surface area (Å²) < 4.78 is 0.830. The van der Waals surface area contributed by atoms with Gasteiger partial charge < -0.3 is 10.8 Å². The summed E-state index contributed by atoms with van der Waals surface area (Å²) in [7, 11) is 0. The Balaban J connectivity index is 2.28. The fourth-order valence-electron chi connectivity index (χ4n) is 1.16. The molecule has 0 aliphatic heterocycles. The summed E-state index contributed by atoms with van der Waals surface area (Å²) in [6, 6.07) is 1.46. The van der Waals surface area contributed by atoms with Crippen molar-refractivity contribution < 1.29 is 9.90 Å². The molecule has 0 bridgehead atoms. The van der Waals surface area contributed by atoms with Gasteiger partial charge in [0.2, 0.25) is 0 Å². The Labute approximate surface area is 106 Å². The number of hydrogen-bond acceptors (Lipinski definition) is 6. The molecule has 0 spiro atoms. The number of aromatic nitrogens is 2. The first-order chi connectivity index (χ1) is 8.06. The molecule has 0 fully saturated rings. The molecule has 0 saturated carbocycles. The number of aryl methyl sites for hydroxylation is 1. The number of thiazole rings is 1. The number of pyridine rings is 1. The van der Waals surface area contributed by atoms with E-state index in [2.05, 4.69) is 9.97 Å². The van der Waals surface area contributed by atoms with Gasteiger partial charge in [0.15, 0.2) is 4.34 Å². The first-order valence-corrected chi connectivity index (χ1v) is 6.34. The molecule has 2 aromatic heterocycles. The normalized spacial score (nSPS) is 10.4. The van der Waals surface area contributed by atoms with E-state index in [0.29, 0.717) is 5.03 Å². The number of nitrogens with two attached hydrogens (primary N) is 1. The van der Waals surface area contributed by atoms with E-state index in [1.165, 1.54) is 35.4 Å². The molecular formula is C10H9N3O2S2. The van der Waals surface area contributed by atoms with Crippen LogP contribution in [-0.4, -0.2) is 21.0 Å². The van der Waals surface area contributed by atoms with Crippen LogP contribution in [0.1, 0.15) is 16.1 Å². The smallest absolute Gasteiger partial charge is 0.337 e. The minimum absolute atomic E-state index is 0.0655. The van der Waals surface area contributed by atoms with Crippen molar-refractivity contribution in [2.75, 3.05) is 5.73 Å². The van der Waals surface area contributed by atoms with Crippen molar-refractivity contribution in [3.05, 3.63) is 28.9 Å². The third-order valence-corrected chi connectivity index (χ3v) is 3.92. The SMILES string of the molecule is Cc1csc(Sc2cc(C(=O)O)c(N)cn2)n1. The lowest BCUT2D eigenvalue weighted by atomic mass is 10.2. The summed E-state index contributed by atoms with van der Waals surface area (Å²) in [5, 5.41) is 11.4. The Morgan fingerprint density at radius 2 is 2.35 bits per heavy atom. The zero-order chi connectivity index (χ0) is 12.4. The van der Waals surface area contributed by atoms with Crippen LogP contribution in [0.5, 0.6) is 0 Å². The number of rotatable bonds is 3. The predicted molar refractivity (Wildman–Crippen MR) is 66.6 cm³/mol. The summed E-state index contributed by atoms with van der Waals surface area (Å²) in [5.74, 6) is -1.05. The second-order valence-electron chi connectivity index (χ2n) is 3.27. The second kappa shape index (κ2) is 4.72. The predicted octanol–water partition coefficient (Wildman–Crippen LogP) is 2.28. The molecule has 0 unspecified atom stereocenters. The zero-order valence-corrected chi connectivity index (χ0v) is 10.5. The number of carboxylic acid groups (broad SMARTS) is 1. The molecule has 0 amide bonds. The number of anilines is 1. The number of nitrogen functional groups attached to an aromatic ring is 1. The molecule has 0 radical (unpaired) electrons. The first-order valence-electron chi connectivity index (χ1n) is 4.65. The fraction of sp³-hybridized carbons (Fsp3) is 0.100. The maximum atomic E-state index is 10.9. The van der Waals surface area contributed by atoms with Crippen LogP contribution in [0, 0.1) is 6.92 Å². The van der Waals surface area contributed by atoms with E-state index in [-0.39, 0.29) is 11.3 Å². The molecule has 2 aromatic rings. The van der Waals surface area contributed by atoms with E-state index in [9.17, 15) is 4.79 Å². The second-order valence-corrected chi connectivity index (χ2v) is 5.40. The molecule has 0 saturated heterocycles. The van der Waals surface area contributed by atoms with Crippen LogP contribution in [0.15, 0.2) is 27.0 Å². The third kappa shape index (κ3) is 2.75. The first kappa shape index (κ1) is 11.9. The summed E-state index contributed by atoms with van der Waals surface area (Å²) in [6.45, 7) is 1.90. The molecule has 0 aliphatic rings. The van der Waals surface area contributed by atoms with Gasteiger partial charge in [-0.2, -0.15) is 0 Å². The fourth-order valence-corrected chi connectivity index (χ4v) is 2.92. The van der Waals surface area contributed by atoms with Crippen LogP contribution in [-0.2, 0) is 0 Å². The van der Waals surface area contributed by atoms with Crippen molar-refractivity contribution in [1.29, 1.82) is 0 Å². The largest absolute Gasteiger partial charge is 0.478 e. The minimum atomic E-state index is -1.05. The van der Waals surface area contributed by atoms with Crippen molar-refractivity contribution in [2.24, 2.45) is 0 Å². The summed E-state index contributed by atoms with van der Waals surface area (Å²) >= 11 is 2.82. The Bertz CT molecular complexity index is 568. The van der Waals surface area contributed by atoms with Gasteiger partial charge in [-0.1, -0.05) is 0 Å². The van der Waals surface area contributed by atoms with E-state index in [0.717, 1.165) is 10.0 Å². The van der Waals surface area contributed by atoms with E-state index in [1.807, 2.05) is 12.3 Å². The quantitative estimate of drug-likeness (QED) is 0.886. The van der Waals surface area contributed by atoms with Gasteiger partial charge in [-0.25, -0.2) is 14.8 Å². The standard InChI is InChI=1S/C10H9N3O2S2/c1-5-4-16-10(13-5)17-8-2-6(9(14)15)7(11)3-12-8/h2-4H,11H2,1H3,(H,14,15). The molecule has 5 nitrogen and oxygen atoms in total. The van der Waals surface area contributed by atoms with Crippen LogP contribution in [0.3, 0.4) is 0 Å². The summed E-state index contributed by atoms with van der Waals surface area (Å²) in [4.78, 5) is 19.2. The highest BCUT2D eigenvalue weighted by Gasteiger charge is 2.11. The average Bonchev–Trinajstić information content (AvgIpc) is 2.66. The maximum absolute atomic E-state index is 10.9. The molecule has 0 aromatic carbocycles. The molecule has 2 rings (SSSR count). The zero-order valence-electron chi connectivity index (χ0n) is 8.88. The van der Waals surface area contributed by atoms with E-state index < -0.39 is 5.97 Å². The molecule has 0 atom stereocenters. The minimum Gasteiger partial charge on any atom is -0.478 e. The highest BCUT2D eigenvalue weighted by atomic mass is 32.2. The lowest BCUT2D eigenvalue weighted by molar-refractivity contribution is 0.0697. The van der Waals surface area contributed by atoms with E-state index in [4.69, 9.17) is 10.8 Å². The average molecular weight is 267 g/mol. The van der Waals surface area contributed by atoms with E-state index >= 15 is 0 Å². The molecule has 0 aliphatic carbocycles. The molecule has 17 heavy (non-hydrogen) atoms. The van der Waals surface area contributed by atoms with Gasteiger partial charge in [-0.05, 0) is 24.8 Å². The van der Waals surface area contributed by atoms with Gasteiger partial charge in [0, 0.05) is 11.1 Å². The monoisotopic (exact) mass is 267 g/mol. The van der Waals surface area contributed by atoms with Crippen LogP contribution in [0.2, 0.25) is 0 Å². The van der Waals surface area contributed by atoms with Gasteiger partial charge in [-0.3, -0.25) is 0 Å². The van der Waals surface area contributed by atoms with Crippen molar-refractivity contribution in [1.82, 2.24) is 9.97 Å². The third-order valence-electron chi connectivity index (χ3n) is 1.93. The number of nitrogens with zero attached hydrogens (tertiary/aromatic N) is 2. The lowest BCUT2D eigenvalue weighted by Gasteiger charge is -2.02. The van der Waals surface area contributed by atoms with Gasteiger partial charge >= 0.3 is 5.97 Å². The molecule has 7 heteroatoms. The van der Waals surface area contributed by atoms with Crippen LogP contribution >= 0.6 is 23.1 Å². The Hall–Kier alpha value is -1.60. The Morgan fingerprint density at radius 1 is 1.59 bits per heavy atom. The summed E-state index contributed by atoms with van der Waals surface area (Å²) in [6.07, 6.45) is 1.35. The number of carboxylic acids is 1. The van der Waals surface area contributed by atoms with Gasteiger partial charge in [0.05, 0.1) is 17.4 Å². The van der Waals surface area contributed by atoms with Crippen molar-refractivity contribution >= 4 is 34.8 Å². The van der Waals surface area contributed by atoms with Crippen molar-refractivity contribution in [2.45, 2.75) is 16.3 Å². The Kier molecular flexibility index (Phi) is 3.30. The molecule has 2 heterocycles. The van der Waals surface area contributed by atoms with Crippen LogP contribution < -0.4 is 5.73 Å². The van der Waals surface area contributed by atoms with Gasteiger partial charge in [0.25, 0.3) is 0 Å². The number of aromatic carboxylic acids is 1. The lowest BCUT2D eigenvalue weighted by Crippen LogP contribution is -2.03. The molecule has 3 N–H and O–H groups in total. The van der Waals surface area contributed by atoms with Crippen LogP contribution in [0.4, 0.5) is 5.69 Å². The van der Waals surface area contributed by atoms with Crippen molar-refractivity contribution in [3.8, 4) is 0 Å². The maximum Gasteiger partial charge on any atom is 0.337 e. The molecular weight excluding hydrogens is 258 g/mol. The summed E-state index contributed by atoms with van der Waals surface area (Å²) in [5.41, 5.74) is 6.69. The highest BCUT2D eigenvalue weighted by molar-refractivity contribution is 8.01. The van der Waals surface area contributed by atoms with Crippen LogP contribution in [0.25, 0.3) is 0 Å². The number of hydrogen-bond donors (Lipinski definition) is 2.